The molecule has 0 atom stereocenters. The summed E-state index contributed by atoms with van der Waals surface area (Å²) in [6, 6.07) is 18.6. The van der Waals surface area contributed by atoms with E-state index < -0.39 is 0 Å². The lowest BCUT2D eigenvalue weighted by atomic mass is 10.2. The highest BCUT2D eigenvalue weighted by molar-refractivity contribution is 7.17. The Labute approximate surface area is 166 Å². The number of hydrogen-bond acceptors (Lipinski definition) is 5. The summed E-state index contributed by atoms with van der Waals surface area (Å²) in [7, 11) is 1.58. The van der Waals surface area contributed by atoms with E-state index in [0.717, 1.165) is 11.1 Å². The molecule has 2 aromatic carbocycles. The van der Waals surface area contributed by atoms with E-state index in [1.54, 1.807) is 25.3 Å². The molecule has 0 unspecified atom stereocenters. The van der Waals surface area contributed by atoms with Crippen LogP contribution < -0.4 is 14.9 Å². The Bertz CT molecular complexity index is 941. The fraction of sp³-hybridized carbons (Fsp3) is 0.100. The molecule has 138 valence electrons. The molecule has 5 nitrogen and oxygen atoms in total. The lowest BCUT2D eigenvalue weighted by molar-refractivity contribution is 0.0959. The summed E-state index contributed by atoms with van der Waals surface area (Å²) in [6.07, 6.45) is 1.54. The van der Waals surface area contributed by atoms with Crippen molar-refractivity contribution in [1.29, 1.82) is 0 Å². The van der Waals surface area contributed by atoms with Gasteiger partial charge in [-0.1, -0.05) is 41.9 Å². The van der Waals surface area contributed by atoms with Gasteiger partial charge in [-0.3, -0.25) is 4.79 Å². The second-order valence-corrected chi connectivity index (χ2v) is 7.20. The van der Waals surface area contributed by atoms with Gasteiger partial charge in [0.2, 0.25) is 0 Å². The summed E-state index contributed by atoms with van der Waals surface area (Å²) in [5.74, 6) is 0.917. The molecule has 3 aromatic rings. The Morgan fingerprint density at radius 3 is 2.67 bits per heavy atom. The van der Waals surface area contributed by atoms with E-state index in [0.29, 0.717) is 27.3 Å². The lowest BCUT2D eigenvalue weighted by Crippen LogP contribution is -2.16. The van der Waals surface area contributed by atoms with Crippen molar-refractivity contribution in [1.82, 2.24) is 5.43 Å². The van der Waals surface area contributed by atoms with Crippen molar-refractivity contribution in [3.63, 3.8) is 0 Å². The molecule has 0 spiro atoms. The molecule has 1 aromatic heterocycles. The Balaban J connectivity index is 1.62. The largest absolute Gasteiger partial charge is 0.493 e. The highest BCUT2D eigenvalue weighted by atomic mass is 35.5. The highest BCUT2D eigenvalue weighted by Gasteiger charge is 2.08. The Morgan fingerprint density at radius 1 is 1.15 bits per heavy atom. The summed E-state index contributed by atoms with van der Waals surface area (Å²) in [5.41, 5.74) is 4.31. The molecule has 1 amide bonds. The number of hydrazone groups is 1. The van der Waals surface area contributed by atoms with Gasteiger partial charge in [0.1, 0.15) is 6.61 Å². The van der Waals surface area contributed by atoms with Crippen LogP contribution in [0.3, 0.4) is 0 Å². The molecule has 3 rings (SSSR count). The van der Waals surface area contributed by atoms with Crippen LogP contribution in [0.25, 0.3) is 0 Å². The first-order valence-corrected chi connectivity index (χ1v) is 9.28. The Hall–Kier alpha value is -2.83. The van der Waals surface area contributed by atoms with E-state index in [1.165, 1.54) is 17.6 Å². The molecule has 0 fully saturated rings. The van der Waals surface area contributed by atoms with Crippen LogP contribution in [0, 0.1) is 0 Å². The van der Waals surface area contributed by atoms with E-state index in [-0.39, 0.29) is 5.91 Å². The summed E-state index contributed by atoms with van der Waals surface area (Å²) in [6.45, 7) is 0.448. The van der Waals surface area contributed by atoms with Crippen LogP contribution in [-0.2, 0) is 6.61 Å². The normalized spacial score (nSPS) is 10.7. The molecular formula is C20H17ClN2O3S. The summed E-state index contributed by atoms with van der Waals surface area (Å²) < 4.78 is 11.8. The van der Waals surface area contributed by atoms with Crippen LogP contribution in [0.1, 0.15) is 20.8 Å². The third-order valence-corrected chi connectivity index (χ3v) is 4.83. The molecule has 27 heavy (non-hydrogen) atoms. The quantitative estimate of drug-likeness (QED) is 0.459. The summed E-state index contributed by atoms with van der Waals surface area (Å²) in [4.78, 5) is 12.4. The number of halogens is 1. The number of benzene rings is 2. The van der Waals surface area contributed by atoms with Gasteiger partial charge in [-0.25, -0.2) is 5.43 Å². The first-order valence-electron chi connectivity index (χ1n) is 8.09. The fourth-order valence-corrected chi connectivity index (χ4v) is 3.21. The highest BCUT2D eigenvalue weighted by Crippen LogP contribution is 2.28. The number of methoxy groups -OCH3 is 1. The van der Waals surface area contributed by atoms with E-state index in [1.807, 2.05) is 42.5 Å². The first kappa shape index (κ1) is 18.9. The number of amides is 1. The third kappa shape index (κ3) is 5.32. The van der Waals surface area contributed by atoms with Gasteiger partial charge in [0, 0.05) is 0 Å². The average molecular weight is 401 g/mol. The van der Waals surface area contributed by atoms with Gasteiger partial charge >= 0.3 is 0 Å². The number of hydrogen-bond donors (Lipinski definition) is 1. The molecule has 0 bridgehead atoms. The van der Waals surface area contributed by atoms with Crippen molar-refractivity contribution < 1.29 is 14.3 Å². The minimum Gasteiger partial charge on any atom is -0.493 e. The number of ether oxygens (including phenoxy) is 2. The number of rotatable bonds is 7. The van der Waals surface area contributed by atoms with Crippen molar-refractivity contribution in [3.8, 4) is 11.5 Å². The van der Waals surface area contributed by atoms with E-state index in [9.17, 15) is 4.79 Å². The molecule has 1 heterocycles. The molecule has 0 radical (unpaired) electrons. The lowest BCUT2D eigenvalue weighted by Gasteiger charge is -2.11. The zero-order chi connectivity index (χ0) is 19.1. The molecule has 0 aliphatic heterocycles. The average Bonchev–Trinajstić information content (AvgIpc) is 3.14. The predicted molar refractivity (Wildman–Crippen MR) is 108 cm³/mol. The molecule has 0 saturated carbocycles. The van der Waals surface area contributed by atoms with Crippen molar-refractivity contribution >= 4 is 35.1 Å². The minimum absolute atomic E-state index is 0.307. The van der Waals surface area contributed by atoms with E-state index >= 15 is 0 Å². The second kappa shape index (κ2) is 9.21. The Kier molecular flexibility index (Phi) is 6.46. The van der Waals surface area contributed by atoms with Crippen molar-refractivity contribution in [3.05, 3.63) is 81.0 Å². The number of carbonyl (C=O) groups is 1. The minimum atomic E-state index is -0.307. The maximum absolute atomic E-state index is 11.9. The van der Waals surface area contributed by atoms with Crippen molar-refractivity contribution in [2.75, 3.05) is 7.11 Å². The third-order valence-electron chi connectivity index (χ3n) is 3.60. The zero-order valence-electron chi connectivity index (χ0n) is 14.5. The second-order valence-electron chi connectivity index (χ2n) is 5.49. The molecular weight excluding hydrogens is 384 g/mol. The standard InChI is InChI=1S/C20H17ClN2O3S/c1-25-17-11-15(12-22-23-20(24)18-9-10-19(21)27-18)7-8-16(17)26-13-14-5-3-2-4-6-14/h2-12H,13H2,1H3,(H,23,24)/b22-12+. The SMILES string of the molecule is COc1cc(/C=N/NC(=O)c2ccc(Cl)s2)ccc1OCc1ccccc1. The number of thiophene rings is 1. The van der Waals surface area contributed by atoms with Gasteiger partial charge < -0.3 is 9.47 Å². The van der Waals surface area contributed by atoms with E-state index in [4.69, 9.17) is 21.1 Å². The van der Waals surface area contributed by atoms with Gasteiger partial charge in [0.15, 0.2) is 11.5 Å². The number of carbonyl (C=O) groups excluding carboxylic acids is 1. The fourth-order valence-electron chi connectivity index (χ4n) is 2.28. The molecule has 1 N–H and O–H groups in total. The number of nitrogens with zero attached hydrogens (tertiary/aromatic N) is 1. The topological polar surface area (TPSA) is 59.9 Å². The van der Waals surface area contributed by atoms with E-state index in [2.05, 4.69) is 10.5 Å². The summed E-state index contributed by atoms with van der Waals surface area (Å²) >= 11 is 7.02. The van der Waals surface area contributed by atoms with Gasteiger partial charge in [-0.15, -0.1) is 11.3 Å². The van der Waals surface area contributed by atoms with Gasteiger partial charge in [-0.2, -0.15) is 5.10 Å². The first-order chi connectivity index (χ1) is 13.2. The van der Waals surface area contributed by atoms with Gasteiger partial charge in [0.05, 0.1) is 22.5 Å². The molecule has 7 heteroatoms. The summed E-state index contributed by atoms with van der Waals surface area (Å²) in [5, 5.41) is 3.97. The Morgan fingerprint density at radius 2 is 1.96 bits per heavy atom. The van der Waals surface area contributed by atoms with Gasteiger partial charge in [-0.05, 0) is 41.5 Å². The van der Waals surface area contributed by atoms with Crippen LogP contribution in [0.5, 0.6) is 11.5 Å². The smallest absolute Gasteiger partial charge is 0.281 e. The van der Waals surface area contributed by atoms with Crippen LogP contribution in [0.15, 0.2) is 65.8 Å². The van der Waals surface area contributed by atoms with Crippen LogP contribution in [0.2, 0.25) is 4.34 Å². The maximum Gasteiger partial charge on any atom is 0.281 e. The van der Waals surface area contributed by atoms with Crippen LogP contribution in [0.4, 0.5) is 0 Å². The van der Waals surface area contributed by atoms with Gasteiger partial charge in [0.25, 0.3) is 5.91 Å². The zero-order valence-corrected chi connectivity index (χ0v) is 16.1. The molecule has 0 saturated heterocycles. The molecule has 0 aliphatic carbocycles. The van der Waals surface area contributed by atoms with Crippen LogP contribution >= 0.6 is 22.9 Å². The van der Waals surface area contributed by atoms with Crippen LogP contribution in [-0.4, -0.2) is 19.2 Å². The predicted octanol–water partition coefficient (Wildman–Crippen LogP) is 4.75. The van der Waals surface area contributed by atoms with Crippen molar-refractivity contribution in [2.45, 2.75) is 6.61 Å². The molecule has 0 aliphatic rings. The van der Waals surface area contributed by atoms with Crippen molar-refractivity contribution in [2.24, 2.45) is 5.10 Å². The number of nitrogens with one attached hydrogen (secondary N) is 1. The monoisotopic (exact) mass is 400 g/mol. The maximum atomic E-state index is 11.9.